The Hall–Kier alpha value is -0.730. The van der Waals surface area contributed by atoms with E-state index in [0.717, 1.165) is 34.8 Å². The van der Waals surface area contributed by atoms with Crippen LogP contribution in [0.25, 0.3) is 11.0 Å². The van der Waals surface area contributed by atoms with Gasteiger partial charge in [-0.1, -0.05) is 50.8 Å². The predicted molar refractivity (Wildman–Crippen MR) is 92.5 cm³/mol. The molecule has 0 aliphatic carbocycles. The molecule has 1 unspecified atom stereocenters. The highest BCUT2D eigenvalue weighted by atomic mass is 35.5. The molecule has 0 saturated carbocycles. The Morgan fingerprint density at radius 1 is 1.29 bits per heavy atom. The molecule has 1 heterocycles. The van der Waals surface area contributed by atoms with Gasteiger partial charge in [-0.25, -0.2) is 4.98 Å². The fourth-order valence-corrected chi connectivity index (χ4v) is 3.28. The lowest BCUT2D eigenvalue weighted by molar-refractivity contribution is 0.390. The van der Waals surface area contributed by atoms with E-state index in [2.05, 4.69) is 18.4 Å². The molecule has 1 atom stereocenters. The van der Waals surface area contributed by atoms with Crippen molar-refractivity contribution in [2.24, 2.45) is 5.92 Å². The molecule has 0 saturated heterocycles. The normalized spacial score (nSPS) is 13.0. The van der Waals surface area contributed by atoms with E-state index in [-0.39, 0.29) is 0 Å². The van der Waals surface area contributed by atoms with E-state index in [1.165, 1.54) is 25.7 Å². The summed E-state index contributed by atoms with van der Waals surface area (Å²) in [5.41, 5.74) is 2.04. The Kier molecular flexibility index (Phi) is 6.38. The van der Waals surface area contributed by atoms with Gasteiger partial charge in [-0.3, -0.25) is 0 Å². The Balaban J connectivity index is 2.37. The minimum absolute atomic E-state index is 0.590. The number of nitrogens with zero attached hydrogens (tertiary/aromatic N) is 2. The Bertz CT molecular complexity index is 577. The number of hydrogen-bond donors (Lipinski definition) is 0. The van der Waals surface area contributed by atoms with Gasteiger partial charge in [0.05, 0.1) is 16.1 Å². The van der Waals surface area contributed by atoms with E-state index < -0.39 is 0 Å². The van der Waals surface area contributed by atoms with Gasteiger partial charge in [0.25, 0.3) is 0 Å². The van der Waals surface area contributed by atoms with Gasteiger partial charge in [0.2, 0.25) is 0 Å². The lowest BCUT2D eigenvalue weighted by atomic mass is 9.99. The number of halogens is 2. The van der Waals surface area contributed by atoms with Crippen molar-refractivity contribution in [1.82, 2.24) is 9.55 Å². The van der Waals surface area contributed by atoms with Crippen LogP contribution in [0, 0.1) is 5.92 Å². The van der Waals surface area contributed by atoms with Gasteiger partial charge in [-0.2, -0.15) is 0 Å². The molecular weight excluding hydrogens is 303 g/mol. The van der Waals surface area contributed by atoms with E-state index >= 15 is 0 Å². The van der Waals surface area contributed by atoms with Crippen LogP contribution in [-0.2, 0) is 13.0 Å². The minimum Gasteiger partial charge on any atom is -0.326 e. The van der Waals surface area contributed by atoms with E-state index in [4.69, 9.17) is 28.2 Å². The number of imidazole rings is 1. The van der Waals surface area contributed by atoms with Gasteiger partial charge < -0.3 is 4.57 Å². The number of aryl methyl sites for hydroxylation is 1. The molecule has 4 heteroatoms. The number of fused-ring (bicyclic) bond motifs is 1. The highest BCUT2D eigenvalue weighted by Gasteiger charge is 2.16. The maximum atomic E-state index is 6.41. The van der Waals surface area contributed by atoms with Crippen molar-refractivity contribution in [3.63, 3.8) is 0 Å². The van der Waals surface area contributed by atoms with Gasteiger partial charge in [0.1, 0.15) is 5.82 Å². The van der Waals surface area contributed by atoms with Crippen molar-refractivity contribution < 1.29 is 0 Å². The third-order valence-electron chi connectivity index (χ3n) is 4.10. The first-order valence-corrected chi connectivity index (χ1v) is 8.82. The zero-order valence-corrected chi connectivity index (χ0v) is 14.4. The second kappa shape index (κ2) is 8.05. The summed E-state index contributed by atoms with van der Waals surface area (Å²) in [4.78, 5) is 4.72. The third kappa shape index (κ3) is 3.92. The van der Waals surface area contributed by atoms with Gasteiger partial charge >= 0.3 is 0 Å². The summed E-state index contributed by atoms with van der Waals surface area (Å²) in [5.74, 6) is 2.32. The van der Waals surface area contributed by atoms with Gasteiger partial charge in [0.15, 0.2) is 0 Å². The Morgan fingerprint density at radius 2 is 2.10 bits per heavy atom. The largest absolute Gasteiger partial charge is 0.326 e. The van der Waals surface area contributed by atoms with Crippen LogP contribution in [0.2, 0.25) is 5.02 Å². The molecule has 0 fully saturated rings. The topological polar surface area (TPSA) is 17.8 Å². The third-order valence-corrected chi connectivity index (χ3v) is 4.59. The molecule has 21 heavy (non-hydrogen) atoms. The molecule has 2 aromatic rings. The van der Waals surface area contributed by atoms with Crippen LogP contribution in [0.1, 0.15) is 45.4 Å². The highest BCUT2D eigenvalue weighted by Crippen LogP contribution is 2.27. The predicted octanol–water partition coefficient (Wildman–Crippen LogP) is 5.69. The molecule has 1 aromatic carbocycles. The zero-order chi connectivity index (χ0) is 15.2. The lowest BCUT2D eigenvalue weighted by Crippen LogP contribution is -2.13. The maximum Gasteiger partial charge on any atom is 0.111 e. The summed E-state index contributed by atoms with van der Waals surface area (Å²) in [6.45, 7) is 5.50. The monoisotopic (exact) mass is 326 g/mol. The Morgan fingerprint density at radius 3 is 2.76 bits per heavy atom. The minimum atomic E-state index is 0.590. The molecule has 0 bridgehead atoms. The fourth-order valence-electron chi connectivity index (χ4n) is 2.84. The first kappa shape index (κ1) is 16.6. The van der Waals surface area contributed by atoms with Gasteiger partial charge in [0, 0.05) is 18.8 Å². The van der Waals surface area contributed by atoms with Gasteiger partial charge in [-0.05, 0) is 24.5 Å². The molecule has 0 aliphatic rings. The van der Waals surface area contributed by atoms with Crippen molar-refractivity contribution in [2.45, 2.75) is 52.5 Å². The highest BCUT2D eigenvalue weighted by molar-refractivity contribution is 6.35. The first-order valence-electron chi connectivity index (χ1n) is 7.90. The summed E-state index contributed by atoms with van der Waals surface area (Å²) in [7, 11) is 0. The van der Waals surface area contributed by atoms with Crippen LogP contribution in [-0.4, -0.2) is 15.4 Å². The average Bonchev–Trinajstić information content (AvgIpc) is 2.82. The number of aromatic nitrogens is 2. The number of rotatable bonds is 8. The molecule has 0 radical (unpaired) electrons. The van der Waals surface area contributed by atoms with E-state index in [9.17, 15) is 0 Å². The van der Waals surface area contributed by atoms with Crippen molar-refractivity contribution in [2.75, 3.05) is 5.88 Å². The van der Waals surface area contributed by atoms with Crippen molar-refractivity contribution in [1.29, 1.82) is 0 Å². The first-order chi connectivity index (χ1) is 10.2. The molecule has 116 valence electrons. The molecule has 0 aliphatic heterocycles. The number of para-hydroxylation sites is 1. The summed E-state index contributed by atoms with van der Waals surface area (Å²) < 4.78 is 2.30. The van der Waals surface area contributed by atoms with Gasteiger partial charge in [-0.15, -0.1) is 11.6 Å². The molecule has 0 N–H and O–H groups in total. The average molecular weight is 327 g/mol. The summed E-state index contributed by atoms with van der Waals surface area (Å²) >= 11 is 12.4. The number of alkyl halides is 1. The van der Waals surface area contributed by atoms with Crippen molar-refractivity contribution >= 4 is 34.2 Å². The van der Waals surface area contributed by atoms with Crippen LogP contribution < -0.4 is 0 Å². The second-order valence-corrected chi connectivity index (χ2v) is 6.39. The molecular formula is C17H24Cl2N2. The molecule has 0 amide bonds. The summed E-state index contributed by atoms with van der Waals surface area (Å²) in [5, 5.41) is 0.783. The van der Waals surface area contributed by atoms with Crippen LogP contribution in [0.5, 0.6) is 0 Å². The standard InChI is InChI=1S/C17H24Cl2N2/c1-3-5-7-13(4-2)12-21-16(10-11-18)20-15-9-6-8-14(19)17(15)21/h6,8-9,13H,3-5,7,10-12H2,1-2H3. The quantitative estimate of drug-likeness (QED) is 0.570. The van der Waals surface area contributed by atoms with Crippen LogP contribution in [0.3, 0.4) is 0 Å². The molecule has 2 rings (SSSR count). The van der Waals surface area contributed by atoms with Crippen LogP contribution >= 0.6 is 23.2 Å². The van der Waals surface area contributed by atoms with Crippen LogP contribution in [0.4, 0.5) is 0 Å². The van der Waals surface area contributed by atoms with Crippen molar-refractivity contribution in [3.05, 3.63) is 29.0 Å². The summed E-state index contributed by atoms with van der Waals surface area (Å²) in [6, 6.07) is 5.93. The molecule has 2 nitrogen and oxygen atoms in total. The lowest BCUT2D eigenvalue weighted by Gasteiger charge is -2.18. The fraction of sp³-hybridized carbons (Fsp3) is 0.588. The summed E-state index contributed by atoms with van der Waals surface area (Å²) in [6.07, 6.45) is 5.76. The number of benzene rings is 1. The van der Waals surface area contributed by atoms with Crippen molar-refractivity contribution in [3.8, 4) is 0 Å². The van der Waals surface area contributed by atoms with E-state index in [0.29, 0.717) is 11.8 Å². The number of unbranched alkanes of at least 4 members (excludes halogenated alkanes) is 1. The second-order valence-electron chi connectivity index (χ2n) is 5.60. The SMILES string of the molecule is CCCCC(CC)Cn1c(CCCl)nc2cccc(Cl)c21. The zero-order valence-electron chi connectivity index (χ0n) is 12.9. The number of hydrogen-bond acceptors (Lipinski definition) is 1. The smallest absolute Gasteiger partial charge is 0.111 e. The Labute approximate surface area is 137 Å². The van der Waals surface area contributed by atoms with E-state index in [1.807, 2.05) is 18.2 Å². The van der Waals surface area contributed by atoms with E-state index in [1.54, 1.807) is 0 Å². The molecule has 1 aromatic heterocycles. The maximum absolute atomic E-state index is 6.41. The molecule has 0 spiro atoms. The van der Waals surface area contributed by atoms with Crippen LogP contribution in [0.15, 0.2) is 18.2 Å².